The van der Waals surface area contributed by atoms with E-state index in [2.05, 4.69) is 0 Å². The summed E-state index contributed by atoms with van der Waals surface area (Å²) in [5.41, 5.74) is 3.01. The Balaban J connectivity index is 1.94. The molecule has 6 heteroatoms. The van der Waals surface area contributed by atoms with Crippen LogP contribution in [0, 0.1) is 11.6 Å². The van der Waals surface area contributed by atoms with Gasteiger partial charge in [0, 0.05) is 34.6 Å². The molecule has 0 spiro atoms. The smallest absolute Gasteiger partial charge is 0.306 e. The number of benzene rings is 2. The molecule has 0 saturated heterocycles. The van der Waals surface area contributed by atoms with Crippen LogP contribution < -0.4 is 0 Å². The minimum absolute atomic E-state index is 0.103. The van der Waals surface area contributed by atoms with E-state index in [1.165, 1.54) is 13.2 Å². The third-order valence-electron chi connectivity index (χ3n) is 5.52. The molecular formula is C22H20ClF2NO2. The number of esters is 1. The Hall–Kier alpha value is -2.40. The third kappa shape index (κ3) is 3.28. The maximum absolute atomic E-state index is 14.9. The Labute approximate surface area is 166 Å². The fourth-order valence-electron chi connectivity index (χ4n) is 4.33. The highest BCUT2D eigenvalue weighted by molar-refractivity contribution is 6.31. The lowest BCUT2D eigenvalue weighted by atomic mass is 9.84. The normalized spacial score (nSPS) is 16.2. The lowest BCUT2D eigenvalue weighted by Crippen LogP contribution is -2.18. The van der Waals surface area contributed by atoms with Crippen molar-refractivity contribution in [1.82, 2.24) is 4.57 Å². The van der Waals surface area contributed by atoms with Crippen molar-refractivity contribution in [3.8, 4) is 0 Å². The highest BCUT2D eigenvalue weighted by atomic mass is 35.5. The number of aryl methyl sites for hydroxylation is 1. The van der Waals surface area contributed by atoms with Crippen molar-refractivity contribution in [3.63, 3.8) is 0 Å². The molecule has 3 nitrogen and oxygen atoms in total. The molecule has 2 aromatic carbocycles. The Kier molecular flexibility index (Phi) is 5.11. The Bertz CT molecular complexity index is 1060. The molecule has 1 heterocycles. The summed E-state index contributed by atoms with van der Waals surface area (Å²) in [5.74, 6) is -1.61. The van der Waals surface area contributed by atoms with Gasteiger partial charge in [0.05, 0.1) is 19.0 Å². The Morgan fingerprint density at radius 1 is 1.29 bits per heavy atom. The number of ether oxygens (including phenoxy) is 1. The molecule has 0 fully saturated rings. The lowest BCUT2D eigenvalue weighted by molar-refractivity contribution is -0.141. The number of hydrogen-bond acceptors (Lipinski definition) is 2. The second-order valence-electron chi connectivity index (χ2n) is 7.19. The van der Waals surface area contributed by atoms with E-state index < -0.39 is 11.6 Å². The molecule has 0 amide bonds. The van der Waals surface area contributed by atoms with E-state index in [4.69, 9.17) is 16.3 Å². The average molecular weight is 404 g/mol. The van der Waals surface area contributed by atoms with Gasteiger partial charge in [0.1, 0.15) is 11.6 Å². The summed E-state index contributed by atoms with van der Waals surface area (Å²) in [6.45, 7) is 0.353. The first-order chi connectivity index (χ1) is 13.5. The van der Waals surface area contributed by atoms with Gasteiger partial charge in [-0.05, 0) is 42.5 Å². The minimum Gasteiger partial charge on any atom is -0.469 e. The van der Waals surface area contributed by atoms with Gasteiger partial charge in [-0.25, -0.2) is 8.78 Å². The molecule has 0 aliphatic heterocycles. The van der Waals surface area contributed by atoms with Crippen LogP contribution in [0.1, 0.15) is 42.0 Å². The number of nitrogens with zero attached hydrogens (tertiary/aromatic N) is 1. The standard InChI is InChI=1S/C22H20ClF2NO2/c1-28-20(27)9-13-6-4-7-16-17-10-15(24)11-19(25)22(17)26(21(13)16)12-14-5-2-3-8-18(14)23/h2-3,5,8,10-11,13H,4,6-7,9,12H2,1H3. The van der Waals surface area contributed by atoms with Crippen LogP contribution >= 0.6 is 11.6 Å². The SMILES string of the molecule is COC(=O)CC1CCCc2c1n(Cc1ccccc1Cl)c1c(F)cc(F)cc21. The topological polar surface area (TPSA) is 31.2 Å². The molecule has 0 radical (unpaired) electrons. The van der Waals surface area contributed by atoms with Crippen LogP contribution in [0.3, 0.4) is 0 Å². The van der Waals surface area contributed by atoms with E-state index in [-0.39, 0.29) is 18.3 Å². The second-order valence-corrected chi connectivity index (χ2v) is 7.60. The maximum Gasteiger partial charge on any atom is 0.306 e. The molecule has 1 aliphatic carbocycles. The lowest BCUT2D eigenvalue weighted by Gasteiger charge is -2.25. The van der Waals surface area contributed by atoms with E-state index in [1.807, 2.05) is 22.8 Å². The molecule has 28 heavy (non-hydrogen) atoms. The van der Waals surface area contributed by atoms with Gasteiger partial charge in [-0.1, -0.05) is 29.8 Å². The highest BCUT2D eigenvalue weighted by Crippen LogP contribution is 2.42. The summed E-state index contributed by atoms with van der Waals surface area (Å²) < 4.78 is 35.6. The van der Waals surface area contributed by atoms with Crippen molar-refractivity contribution >= 4 is 28.5 Å². The number of hydrogen-bond donors (Lipinski definition) is 0. The van der Waals surface area contributed by atoms with Crippen LogP contribution in [0.2, 0.25) is 5.02 Å². The summed E-state index contributed by atoms with van der Waals surface area (Å²) in [4.78, 5) is 12.0. The number of rotatable bonds is 4. The first kappa shape index (κ1) is 18.9. The van der Waals surface area contributed by atoms with E-state index in [0.29, 0.717) is 22.5 Å². The predicted molar refractivity (Wildman–Crippen MR) is 105 cm³/mol. The summed E-state index contributed by atoms with van der Waals surface area (Å²) in [6.07, 6.45) is 2.59. The molecule has 0 bridgehead atoms. The van der Waals surface area contributed by atoms with Gasteiger partial charge in [0.25, 0.3) is 0 Å². The summed E-state index contributed by atoms with van der Waals surface area (Å²) in [7, 11) is 1.36. The predicted octanol–water partition coefficient (Wildman–Crippen LogP) is 5.60. The van der Waals surface area contributed by atoms with Crippen molar-refractivity contribution in [2.75, 3.05) is 7.11 Å². The first-order valence-corrected chi connectivity index (χ1v) is 9.67. The van der Waals surface area contributed by atoms with Crippen LogP contribution in [-0.4, -0.2) is 17.6 Å². The molecule has 1 aliphatic rings. The van der Waals surface area contributed by atoms with Gasteiger partial charge in [-0.3, -0.25) is 4.79 Å². The van der Waals surface area contributed by atoms with Crippen LogP contribution in [0.4, 0.5) is 8.78 Å². The molecule has 1 atom stereocenters. The number of halogens is 3. The van der Waals surface area contributed by atoms with Crippen molar-refractivity contribution in [1.29, 1.82) is 0 Å². The minimum atomic E-state index is -0.603. The number of fused-ring (bicyclic) bond motifs is 3. The molecule has 0 N–H and O–H groups in total. The van der Waals surface area contributed by atoms with Gasteiger partial charge in [-0.15, -0.1) is 0 Å². The Morgan fingerprint density at radius 3 is 2.82 bits per heavy atom. The monoisotopic (exact) mass is 403 g/mol. The summed E-state index contributed by atoms with van der Waals surface area (Å²) in [6, 6.07) is 9.69. The largest absolute Gasteiger partial charge is 0.469 e. The van der Waals surface area contributed by atoms with Crippen LogP contribution in [0.15, 0.2) is 36.4 Å². The fourth-order valence-corrected chi connectivity index (χ4v) is 4.52. The van der Waals surface area contributed by atoms with Crippen LogP contribution in [0.5, 0.6) is 0 Å². The third-order valence-corrected chi connectivity index (χ3v) is 5.89. The van der Waals surface area contributed by atoms with E-state index in [9.17, 15) is 13.6 Å². The van der Waals surface area contributed by atoms with Crippen molar-refractivity contribution < 1.29 is 18.3 Å². The van der Waals surface area contributed by atoms with Gasteiger partial charge < -0.3 is 9.30 Å². The number of methoxy groups -OCH3 is 1. The number of carbonyl (C=O) groups is 1. The molecule has 4 rings (SSSR count). The maximum atomic E-state index is 14.9. The van der Waals surface area contributed by atoms with Gasteiger partial charge in [0.2, 0.25) is 0 Å². The van der Waals surface area contributed by atoms with Crippen LogP contribution in [0.25, 0.3) is 10.9 Å². The van der Waals surface area contributed by atoms with Crippen molar-refractivity contribution in [2.24, 2.45) is 0 Å². The second kappa shape index (κ2) is 7.55. The molecule has 1 unspecified atom stereocenters. The highest BCUT2D eigenvalue weighted by Gasteiger charge is 2.31. The van der Waals surface area contributed by atoms with Crippen molar-refractivity contribution in [2.45, 2.75) is 38.1 Å². The molecular weight excluding hydrogens is 384 g/mol. The number of carbonyl (C=O) groups excluding carboxylic acids is 1. The van der Waals surface area contributed by atoms with Crippen molar-refractivity contribution in [3.05, 3.63) is 69.9 Å². The summed E-state index contributed by atoms with van der Waals surface area (Å²) in [5, 5.41) is 1.16. The quantitative estimate of drug-likeness (QED) is 0.530. The fraction of sp³-hybridized carbons (Fsp3) is 0.318. The van der Waals surface area contributed by atoms with Gasteiger partial charge in [-0.2, -0.15) is 0 Å². The molecule has 3 aromatic rings. The first-order valence-electron chi connectivity index (χ1n) is 9.29. The Morgan fingerprint density at radius 2 is 2.07 bits per heavy atom. The zero-order valence-corrected chi connectivity index (χ0v) is 16.2. The average Bonchev–Trinajstić information content (AvgIpc) is 2.98. The number of aromatic nitrogens is 1. The molecule has 146 valence electrons. The van der Waals surface area contributed by atoms with E-state index in [1.54, 1.807) is 6.07 Å². The zero-order valence-electron chi connectivity index (χ0n) is 15.5. The van der Waals surface area contributed by atoms with E-state index in [0.717, 1.165) is 42.1 Å². The molecule has 0 saturated carbocycles. The van der Waals surface area contributed by atoms with E-state index >= 15 is 0 Å². The molecule has 1 aromatic heterocycles. The van der Waals surface area contributed by atoms with Crippen LogP contribution in [-0.2, 0) is 22.5 Å². The van der Waals surface area contributed by atoms with Gasteiger partial charge in [0.15, 0.2) is 0 Å². The zero-order chi connectivity index (χ0) is 19.8. The van der Waals surface area contributed by atoms with Gasteiger partial charge >= 0.3 is 5.97 Å². The summed E-state index contributed by atoms with van der Waals surface area (Å²) >= 11 is 6.34.